The van der Waals surface area contributed by atoms with Crippen molar-refractivity contribution in [2.24, 2.45) is 29.6 Å². The molecule has 0 bridgehead atoms. The van der Waals surface area contributed by atoms with Crippen molar-refractivity contribution in [1.29, 1.82) is 0 Å². The predicted octanol–water partition coefficient (Wildman–Crippen LogP) is 7.58. The van der Waals surface area contributed by atoms with Gasteiger partial charge in [-0.25, -0.2) is 0 Å². The molecule has 1 saturated heterocycles. The summed E-state index contributed by atoms with van der Waals surface area (Å²) in [5.41, 5.74) is 2.61. The van der Waals surface area contributed by atoms with Crippen molar-refractivity contribution in [2.75, 3.05) is 12.0 Å². The highest BCUT2D eigenvalue weighted by molar-refractivity contribution is 14.1. The maximum Gasteiger partial charge on any atom is 0.238 e. The first-order valence-electron chi connectivity index (χ1n) is 17.0. The van der Waals surface area contributed by atoms with Crippen molar-refractivity contribution in [2.45, 2.75) is 18.3 Å². The van der Waals surface area contributed by atoms with Crippen molar-refractivity contribution in [3.05, 3.63) is 147 Å². The standard InChI is InChI=1S/C43H34INO6/c1-51-37-22-25(13-21-36(37)46)12-20-34-30-18-19-31-39(42(50)45(41(31)49)29-16-14-28(44)15-17-29)33(30)23-35-40(48)32(26-8-4-2-5-9-26)24-38(47)43(34,35)27-10-6-3-7-11-27/h2-18,20-22,24,31,33-35,39,46H,19,23H2,1H3/t31-,33+,34-,35-,39-,43-/m0/s1. The van der Waals surface area contributed by atoms with Gasteiger partial charge in [-0.15, -0.1) is 0 Å². The van der Waals surface area contributed by atoms with Crippen LogP contribution in [0.15, 0.2) is 127 Å². The Hall–Kier alpha value is -5.09. The minimum atomic E-state index is -1.30. The number of ether oxygens (including phenoxy) is 1. The van der Waals surface area contributed by atoms with E-state index in [0.29, 0.717) is 29.0 Å². The molecule has 8 rings (SSSR count). The van der Waals surface area contributed by atoms with Gasteiger partial charge in [0.2, 0.25) is 11.8 Å². The van der Waals surface area contributed by atoms with E-state index < -0.39 is 35.0 Å². The number of imide groups is 1. The van der Waals surface area contributed by atoms with Gasteiger partial charge in [-0.05, 0) is 101 Å². The third kappa shape index (κ3) is 5.22. The molecular formula is C43H34INO6. The number of carbonyl (C=O) groups is 4. The van der Waals surface area contributed by atoms with Crippen LogP contribution in [0.1, 0.15) is 29.5 Å². The van der Waals surface area contributed by atoms with E-state index in [2.05, 4.69) is 28.7 Å². The van der Waals surface area contributed by atoms with E-state index in [1.54, 1.807) is 30.3 Å². The molecule has 4 aromatic carbocycles. The molecule has 6 atom stereocenters. The molecular weight excluding hydrogens is 753 g/mol. The number of hydrogen-bond acceptors (Lipinski definition) is 6. The SMILES string of the molecule is COc1cc(C=C[C@H]2C3=CC[C@@H]4C(=O)N(c5ccc(I)cc5)C(=O)[C@@H]4[C@@H]3C[C@H]3C(=O)C(c4ccccc4)=CC(=O)[C@@]23c2ccccc2)ccc1O. The van der Waals surface area contributed by atoms with Crippen LogP contribution >= 0.6 is 22.6 Å². The molecule has 2 fully saturated rings. The second kappa shape index (κ2) is 12.9. The van der Waals surface area contributed by atoms with E-state index in [4.69, 9.17) is 4.74 Å². The lowest BCUT2D eigenvalue weighted by Crippen LogP contribution is -2.59. The van der Waals surface area contributed by atoms with Crippen LogP contribution in [0.25, 0.3) is 11.6 Å². The van der Waals surface area contributed by atoms with Crippen molar-refractivity contribution < 1.29 is 29.0 Å². The van der Waals surface area contributed by atoms with Gasteiger partial charge in [0.1, 0.15) is 0 Å². The van der Waals surface area contributed by atoms with Crippen molar-refractivity contribution >= 4 is 63.3 Å². The Morgan fingerprint density at radius 1 is 0.863 bits per heavy atom. The van der Waals surface area contributed by atoms with Crippen LogP contribution in [0.2, 0.25) is 0 Å². The van der Waals surface area contributed by atoms with Crippen LogP contribution in [-0.2, 0) is 24.6 Å². The van der Waals surface area contributed by atoms with Crippen LogP contribution in [0.3, 0.4) is 0 Å². The molecule has 0 spiro atoms. The minimum Gasteiger partial charge on any atom is -0.504 e. The van der Waals surface area contributed by atoms with Crippen molar-refractivity contribution in [1.82, 2.24) is 0 Å². The van der Waals surface area contributed by atoms with E-state index >= 15 is 4.79 Å². The van der Waals surface area contributed by atoms with Gasteiger partial charge in [0.25, 0.3) is 0 Å². The van der Waals surface area contributed by atoms with E-state index in [0.717, 1.165) is 20.3 Å². The zero-order valence-electron chi connectivity index (χ0n) is 27.7. The molecule has 4 aliphatic rings. The highest BCUT2D eigenvalue weighted by Gasteiger charge is 2.65. The number of phenols is 1. The van der Waals surface area contributed by atoms with Gasteiger partial charge < -0.3 is 9.84 Å². The van der Waals surface area contributed by atoms with Gasteiger partial charge in [-0.2, -0.15) is 0 Å². The monoisotopic (exact) mass is 787 g/mol. The van der Waals surface area contributed by atoms with Gasteiger partial charge in [0, 0.05) is 21.0 Å². The second-order valence-electron chi connectivity index (χ2n) is 13.6. The molecule has 0 radical (unpaired) electrons. The number of aromatic hydroxyl groups is 1. The summed E-state index contributed by atoms with van der Waals surface area (Å²) in [6.45, 7) is 0. The van der Waals surface area contributed by atoms with Gasteiger partial charge in [-0.3, -0.25) is 24.1 Å². The number of halogens is 1. The third-order valence-electron chi connectivity index (χ3n) is 11.2. The molecule has 1 N–H and O–H groups in total. The first-order chi connectivity index (χ1) is 24.7. The highest BCUT2D eigenvalue weighted by Crippen LogP contribution is 2.61. The van der Waals surface area contributed by atoms with Gasteiger partial charge >= 0.3 is 0 Å². The lowest BCUT2D eigenvalue weighted by Gasteiger charge is -2.54. The average Bonchev–Trinajstić information content (AvgIpc) is 3.42. The number of allylic oxidation sites excluding steroid dienone is 5. The lowest BCUT2D eigenvalue weighted by atomic mass is 9.45. The van der Waals surface area contributed by atoms with Crippen LogP contribution in [0.4, 0.5) is 5.69 Å². The van der Waals surface area contributed by atoms with Gasteiger partial charge in [-0.1, -0.05) is 90.5 Å². The molecule has 1 heterocycles. The number of ketones is 2. The molecule has 2 amide bonds. The minimum absolute atomic E-state index is 0.00274. The predicted molar refractivity (Wildman–Crippen MR) is 203 cm³/mol. The van der Waals surface area contributed by atoms with Crippen LogP contribution in [-0.4, -0.2) is 35.6 Å². The summed E-state index contributed by atoms with van der Waals surface area (Å²) in [7, 11) is 1.48. The molecule has 3 aliphatic carbocycles. The zero-order valence-corrected chi connectivity index (χ0v) is 29.9. The number of carbonyl (C=O) groups excluding carboxylic acids is 4. The fourth-order valence-corrected chi connectivity index (χ4v) is 9.33. The summed E-state index contributed by atoms with van der Waals surface area (Å²) in [6, 6.07) is 31.1. The Labute approximate surface area is 309 Å². The Balaban J connectivity index is 1.32. The normalized spacial score (nSPS) is 27.1. The summed E-state index contributed by atoms with van der Waals surface area (Å²) < 4.78 is 6.36. The maximum atomic E-state index is 15.1. The Bertz CT molecular complexity index is 2170. The average molecular weight is 788 g/mol. The van der Waals surface area contributed by atoms with E-state index in [1.807, 2.05) is 84.9 Å². The fraction of sp³-hybridized carbons (Fsp3) is 0.209. The summed E-state index contributed by atoms with van der Waals surface area (Å²) in [6.07, 6.45) is 8.01. The van der Waals surface area contributed by atoms with Gasteiger partial charge in [0.05, 0.1) is 30.0 Å². The molecule has 0 aromatic heterocycles. The number of methoxy groups -OCH3 is 1. The van der Waals surface area contributed by atoms with E-state index in [-0.39, 0.29) is 35.6 Å². The molecule has 0 unspecified atom stereocenters. The van der Waals surface area contributed by atoms with Crippen molar-refractivity contribution in [3.63, 3.8) is 0 Å². The summed E-state index contributed by atoms with van der Waals surface area (Å²) in [4.78, 5) is 59.8. The number of Topliss-reactive ketones (excluding diaryl/α,β-unsaturated/α-hetero) is 1. The quantitative estimate of drug-likeness (QED) is 0.123. The molecule has 1 saturated carbocycles. The number of anilines is 1. The third-order valence-corrected chi connectivity index (χ3v) is 11.9. The van der Waals surface area contributed by atoms with E-state index in [1.165, 1.54) is 18.1 Å². The first kappa shape index (κ1) is 33.1. The smallest absolute Gasteiger partial charge is 0.238 e. The van der Waals surface area contributed by atoms with Crippen LogP contribution in [0.5, 0.6) is 11.5 Å². The molecule has 4 aromatic rings. The molecule has 1 aliphatic heterocycles. The Morgan fingerprint density at radius 3 is 2.27 bits per heavy atom. The summed E-state index contributed by atoms with van der Waals surface area (Å²) >= 11 is 2.19. The largest absolute Gasteiger partial charge is 0.504 e. The zero-order chi connectivity index (χ0) is 35.4. The molecule has 7 nitrogen and oxygen atoms in total. The number of rotatable bonds is 6. The Kier molecular flexibility index (Phi) is 8.37. The highest BCUT2D eigenvalue weighted by atomic mass is 127. The molecule has 51 heavy (non-hydrogen) atoms. The lowest BCUT2D eigenvalue weighted by molar-refractivity contribution is -0.135. The number of amides is 2. The summed E-state index contributed by atoms with van der Waals surface area (Å²) in [5, 5.41) is 10.3. The number of hydrogen-bond donors (Lipinski definition) is 1. The number of nitrogens with zero attached hydrogens (tertiary/aromatic N) is 1. The topological polar surface area (TPSA) is 101 Å². The number of phenolic OH excluding ortho intramolecular Hbond substituents is 1. The van der Waals surface area contributed by atoms with Crippen LogP contribution in [0, 0.1) is 33.2 Å². The first-order valence-corrected chi connectivity index (χ1v) is 18.1. The van der Waals surface area contributed by atoms with Crippen LogP contribution < -0.4 is 9.64 Å². The molecule has 8 heteroatoms. The molecule has 254 valence electrons. The van der Waals surface area contributed by atoms with Gasteiger partial charge in [0.15, 0.2) is 23.1 Å². The second-order valence-corrected chi connectivity index (χ2v) is 14.9. The van der Waals surface area contributed by atoms with E-state index in [9.17, 15) is 19.5 Å². The fourth-order valence-electron chi connectivity index (χ4n) is 8.97. The van der Waals surface area contributed by atoms with Crippen molar-refractivity contribution in [3.8, 4) is 11.5 Å². The Morgan fingerprint density at radius 2 is 1.57 bits per heavy atom. The summed E-state index contributed by atoms with van der Waals surface area (Å²) in [5.74, 6) is -3.66. The number of fused-ring (bicyclic) bond motifs is 4. The number of benzene rings is 4. The maximum absolute atomic E-state index is 15.1.